The fourth-order valence-corrected chi connectivity index (χ4v) is 1.80. The van der Waals surface area contributed by atoms with E-state index in [1.54, 1.807) is 6.08 Å². The summed E-state index contributed by atoms with van der Waals surface area (Å²) >= 11 is 1.39. The Morgan fingerprint density at radius 3 is 2.44 bits per heavy atom. The third kappa shape index (κ3) is 5.27. The van der Waals surface area contributed by atoms with E-state index in [-0.39, 0.29) is 17.3 Å². The molecular formula is C12H11F3O2S. The number of thioether (sulfide) groups is 1. The minimum Gasteiger partial charge on any atom is -0.406 e. The summed E-state index contributed by atoms with van der Waals surface area (Å²) in [5, 5.41) is 0. The molecule has 0 bridgehead atoms. The molecule has 0 N–H and O–H groups in total. The number of Topliss-reactive ketones (excluding diaryl/α,β-unsaturated/α-hetero) is 1. The predicted octanol–water partition coefficient (Wildman–Crippen LogP) is 3.69. The fraction of sp³-hybridized carbons (Fsp3) is 0.250. The van der Waals surface area contributed by atoms with E-state index in [1.165, 1.54) is 23.9 Å². The fourth-order valence-electron chi connectivity index (χ4n) is 1.16. The number of alkyl halides is 3. The number of ether oxygens (including phenoxy) is 1. The minimum atomic E-state index is -4.72. The van der Waals surface area contributed by atoms with Gasteiger partial charge in [0.25, 0.3) is 0 Å². The van der Waals surface area contributed by atoms with Crippen LogP contribution in [0.1, 0.15) is 10.4 Å². The lowest BCUT2D eigenvalue weighted by atomic mass is 10.1. The Kier molecular flexibility index (Phi) is 5.27. The smallest absolute Gasteiger partial charge is 0.406 e. The van der Waals surface area contributed by atoms with Crippen LogP contribution in [0.2, 0.25) is 0 Å². The molecule has 0 fully saturated rings. The first kappa shape index (κ1) is 14.6. The highest BCUT2D eigenvalue weighted by molar-refractivity contribution is 8.00. The molecule has 0 radical (unpaired) electrons. The first-order valence-electron chi connectivity index (χ1n) is 5.00. The van der Waals surface area contributed by atoms with Crippen LogP contribution in [0.5, 0.6) is 5.75 Å². The predicted molar refractivity (Wildman–Crippen MR) is 65.0 cm³/mol. The van der Waals surface area contributed by atoms with E-state index in [2.05, 4.69) is 11.3 Å². The van der Waals surface area contributed by atoms with Gasteiger partial charge in [-0.3, -0.25) is 4.79 Å². The zero-order valence-electron chi connectivity index (χ0n) is 9.37. The molecule has 6 heteroatoms. The second-order valence-corrected chi connectivity index (χ2v) is 4.33. The van der Waals surface area contributed by atoms with Gasteiger partial charge in [-0.2, -0.15) is 0 Å². The summed E-state index contributed by atoms with van der Waals surface area (Å²) < 4.78 is 39.4. The summed E-state index contributed by atoms with van der Waals surface area (Å²) in [6.45, 7) is 3.52. The summed E-state index contributed by atoms with van der Waals surface area (Å²) in [5.41, 5.74) is 0.362. The number of carbonyl (C=O) groups is 1. The SMILES string of the molecule is C=CCSCC(=O)c1ccc(OC(F)(F)F)cc1. The molecule has 0 amide bonds. The monoisotopic (exact) mass is 276 g/mol. The lowest BCUT2D eigenvalue weighted by Crippen LogP contribution is -2.17. The zero-order valence-corrected chi connectivity index (χ0v) is 10.2. The number of ketones is 1. The van der Waals surface area contributed by atoms with Crippen molar-refractivity contribution in [3.63, 3.8) is 0 Å². The van der Waals surface area contributed by atoms with Crippen LogP contribution in [0.25, 0.3) is 0 Å². The van der Waals surface area contributed by atoms with Crippen LogP contribution in [0.4, 0.5) is 13.2 Å². The number of hydrogen-bond donors (Lipinski definition) is 0. The van der Waals surface area contributed by atoms with Gasteiger partial charge in [-0.25, -0.2) is 0 Å². The maximum absolute atomic E-state index is 11.9. The maximum atomic E-state index is 11.9. The number of benzene rings is 1. The lowest BCUT2D eigenvalue weighted by Gasteiger charge is -2.08. The molecule has 0 aliphatic carbocycles. The van der Waals surface area contributed by atoms with E-state index in [1.807, 2.05) is 0 Å². The van der Waals surface area contributed by atoms with E-state index in [9.17, 15) is 18.0 Å². The van der Waals surface area contributed by atoms with E-state index in [4.69, 9.17) is 0 Å². The van der Waals surface area contributed by atoms with E-state index in [0.29, 0.717) is 11.3 Å². The third-order valence-electron chi connectivity index (χ3n) is 1.88. The van der Waals surface area contributed by atoms with Gasteiger partial charge in [0, 0.05) is 11.3 Å². The highest BCUT2D eigenvalue weighted by Gasteiger charge is 2.30. The number of rotatable bonds is 6. The molecule has 18 heavy (non-hydrogen) atoms. The molecule has 0 atom stereocenters. The normalized spacial score (nSPS) is 11.1. The van der Waals surface area contributed by atoms with Gasteiger partial charge in [-0.15, -0.1) is 31.5 Å². The topological polar surface area (TPSA) is 26.3 Å². The number of carbonyl (C=O) groups excluding carboxylic acids is 1. The first-order valence-corrected chi connectivity index (χ1v) is 6.15. The van der Waals surface area contributed by atoms with E-state index in [0.717, 1.165) is 12.1 Å². The molecule has 1 aromatic carbocycles. The van der Waals surface area contributed by atoms with Crippen molar-refractivity contribution in [2.75, 3.05) is 11.5 Å². The molecule has 2 nitrogen and oxygen atoms in total. The zero-order chi connectivity index (χ0) is 13.6. The Bertz CT molecular complexity index is 412. The summed E-state index contributed by atoms with van der Waals surface area (Å²) in [6, 6.07) is 4.88. The van der Waals surface area contributed by atoms with Crippen molar-refractivity contribution in [3.8, 4) is 5.75 Å². The van der Waals surface area contributed by atoms with Crippen molar-refractivity contribution in [3.05, 3.63) is 42.5 Å². The van der Waals surface area contributed by atoms with Crippen LogP contribution in [0, 0.1) is 0 Å². The van der Waals surface area contributed by atoms with Crippen molar-refractivity contribution in [2.45, 2.75) is 6.36 Å². The van der Waals surface area contributed by atoms with Gasteiger partial charge in [-0.05, 0) is 24.3 Å². The molecular weight excluding hydrogens is 265 g/mol. The maximum Gasteiger partial charge on any atom is 0.573 e. The number of halogens is 3. The van der Waals surface area contributed by atoms with Crippen LogP contribution in [-0.4, -0.2) is 23.7 Å². The van der Waals surface area contributed by atoms with Gasteiger partial charge in [0.15, 0.2) is 5.78 Å². The molecule has 0 heterocycles. The highest BCUT2D eigenvalue weighted by Crippen LogP contribution is 2.23. The van der Waals surface area contributed by atoms with Gasteiger partial charge in [-0.1, -0.05) is 6.08 Å². The van der Waals surface area contributed by atoms with Crippen molar-refractivity contribution in [2.24, 2.45) is 0 Å². The quantitative estimate of drug-likeness (QED) is 0.450. The van der Waals surface area contributed by atoms with E-state index < -0.39 is 6.36 Å². The summed E-state index contributed by atoms with van der Waals surface area (Å²) in [6.07, 6.45) is -3.04. The van der Waals surface area contributed by atoms with Crippen LogP contribution in [0.15, 0.2) is 36.9 Å². The Morgan fingerprint density at radius 2 is 1.94 bits per heavy atom. The molecule has 1 aromatic rings. The Morgan fingerprint density at radius 1 is 1.33 bits per heavy atom. The van der Waals surface area contributed by atoms with Crippen LogP contribution >= 0.6 is 11.8 Å². The standard InChI is InChI=1S/C12H11F3O2S/c1-2-7-18-8-11(16)9-3-5-10(6-4-9)17-12(13,14)15/h2-6H,1,7-8H2. The van der Waals surface area contributed by atoms with Gasteiger partial charge in [0.1, 0.15) is 5.75 Å². The lowest BCUT2D eigenvalue weighted by molar-refractivity contribution is -0.274. The van der Waals surface area contributed by atoms with Crippen molar-refractivity contribution in [1.82, 2.24) is 0 Å². The number of hydrogen-bond acceptors (Lipinski definition) is 3. The summed E-state index contributed by atoms with van der Waals surface area (Å²) in [4.78, 5) is 11.6. The molecule has 0 aromatic heterocycles. The summed E-state index contributed by atoms with van der Waals surface area (Å²) in [7, 11) is 0. The van der Waals surface area contributed by atoms with Crippen molar-refractivity contribution >= 4 is 17.5 Å². The van der Waals surface area contributed by atoms with Crippen molar-refractivity contribution < 1.29 is 22.7 Å². The third-order valence-corrected chi connectivity index (χ3v) is 2.82. The molecule has 0 saturated carbocycles. The molecule has 98 valence electrons. The molecule has 1 rings (SSSR count). The average molecular weight is 276 g/mol. The second-order valence-electron chi connectivity index (χ2n) is 3.30. The molecule has 0 spiro atoms. The molecule has 0 aliphatic heterocycles. The molecule has 0 aliphatic rings. The molecule has 0 saturated heterocycles. The average Bonchev–Trinajstić information content (AvgIpc) is 2.28. The van der Waals surface area contributed by atoms with Gasteiger partial charge >= 0.3 is 6.36 Å². The molecule has 0 unspecified atom stereocenters. The van der Waals surface area contributed by atoms with Crippen LogP contribution < -0.4 is 4.74 Å². The van der Waals surface area contributed by atoms with Gasteiger partial charge < -0.3 is 4.74 Å². The second kappa shape index (κ2) is 6.49. The van der Waals surface area contributed by atoms with Crippen LogP contribution in [0.3, 0.4) is 0 Å². The Labute approximate surface area is 107 Å². The largest absolute Gasteiger partial charge is 0.573 e. The minimum absolute atomic E-state index is 0.139. The summed E-state index contributed by atoms with van der Waals surface area (Å²) in [5.74, 6) is 0.449. The Hall–Kier alpha value is -1.43. The Balaban J connectivity index is 2.59. The van der Waals surface area contributed by atoms with Gasteiger partial charge in [0.05, 0.1) is 5.75 Å². The van der Waals surface area contributed by atoms with Gasteiger partial charge in [0.2, 0.25) is 0 Å². The van der Waals surface area contributed by atoms with Crippen LogP contribution in [-0.2, 0) is 0 Å². The highest BCUT2D eigenvalue weighted by atomic mass is 32.2. The van der Waals surface area contributed by atoms with Crippen molar-refractivity contribution in [1.29, 1.82) is 0 Å². The first-order chi connectivity index (χ1) is 8.42. The van der Waals surface area contributed by atoms with E-state index >= 15 is 0 Å².